The Hall–Kier alpha value is -1.92. The summed E-state index contributed by atoms with van der Waals surface area (Å²) in [4.78, 5) is 30.5. The third-order valence-corrected chi connectivity index (χ3v) is 5.25. The predicted molar refractivity (Wildman–Crippen MR) is 97.4 cm³/mol. The van der Waals surface area contributed by atoms with Gasteiger partial charge >= 0.3 is 0 Å². The largest absolute Gasteiger partial charge is 0.366 e. The molecule has 1 aromatic rings. The van der Waals surface area contributed by atoms with Gasteiger partial charge in [0.15, 0.2) is 0 Å². The highest BCUT2D eigenvalue weighted by molar-refractivity contribution is 5.92. The van der Waals surface area contributed by atoms with E-state index >= 15 is 0 Å². The molecule has 2 aliphatic heterocycles. The van der Waals surface area contributed by atoms with Gasteiger partial charge in [-0.1, -0.05) is 12.1 Å². The lowest BCUT2D eigenvalue weighted by molar-refractivity contribution is -0.132. The second-order valence-corrected chi connectivity index (χ2v) is 7.01. The summed E-state index contributed by atoms with van der Waals surface area (Å²) in [5.74, 6) is -0.283. The number of likely N-dealkylation sites (tertiary alicyclic amines) is 1. The van der Waals surface area contributed by atoms with E-state index in [-0.39, 0.29) is 5.91 Å². The van der Waals surface area contributed by atoms with Crippen molar-refractivity contribution in [3.63, 3.8) is 0 Å². The Bertz CT molecular complexity index is 588. The summed E-state index contributed by atoms with van der Waals surface area (Å²) >= 11 is 0. The normalized spacial score (nSPS) is 19.3. The van der Waals surface area contributed by atoms with Crippen molar-refractivity contribution in [1.29, 1.82) is 0 Å². The van der Waals surface area contributed by atoms with Gasteiger partial charge in [0.2, 0.25) is 11.8 Å². The van der Waals surface area contributed by atoms with Crippen LogP contribution in [0.15, 0.2) is 24.3 Å². The zero-order valence-corrected chi connectivity index (χ0v) is 14.8. The van der Waals surface area contributed by atoms with E-state index in [9.17, 15) is 9.59 Å². The van der Waals surface area contributed by atoms with E-state index in [0.29, 0.717) is 12.0 Å². The SMILES string of the molecule is NC(=O)c1ccc(CC(=O)N2CCN(CCN3CCCC3)CC2)cc1. The van der Waals surface area contributed by atoms with Gasteiger partial charge in [-0.15, -0.1) is 0 Å². The fourth-order valence-electron chi connectivity index (χ4n) is 3.58. The van der Waals surface area contributed by atoms with E-state index in [4.69, 9.17) is 5.73 Å². The molecule has 2 amide bonds. The number of carbonyl (C=O) groups excluding carboxylic acids is 2. The fraction of sp³-hybridized carbons (Fsp3) is 0.579. The third kappa shape index (κ3) is 5.03. The molecule has 1 aromatic carbocycles. The van der Waals surface area contributed by atoms with E-state index in [0.717, 1.165) is 44.8 Å². The number of amides is 2. The summed E-state index contributed by atoms with van der Waals surface area (Å²) in [6.45, 7) is 8.27. The van der Waals surface area contributed by atoms with Gasteiger partial charge in [0.05, 0.1) is 6.42 Å². The molecule has 0 radical (unpaired) electrons. The summed E-state index contributed by atoms with van der Waals surface area (Å²) in [7, 11) is 0. The van der Waals surface area contributed by atoms with Crippen molar-refractivity contribution in [2.75, 3.05) is 52.4 Å². The minimum absolute atomic E-state index is 0.158. The Morgan fingerprint density at radius 3 is 1.96 bits per heavy atom. The minimum atomic E-state index is -0.442. The minimum Gasteiger partial charge on any atom is -0.366 e. The van der Waals surface area contributed by atoms with Gasteiger partial charge in [0, 0.05) is 44.8 Å². The molecule has 0 spiro atoms. The lowest BCUT2D eigenvalue weighted by Gasteiger charge is -2.35. The van der Waals surface area contributed by atoms with Crippen molar-refractivity contribution in [1.82, 2.24) is 14.7 Å². The molecular formula is C19H28N4O2. The fourth-order valence-corrected chi connectivity index (χ4v) is 3.58. The highest BCUT2D eigenvalue weighted by Crippen LogP contribution is 2.10. The standard InChI is InChI=1S/C19H28N4O2/c20-19(25)17-5-3-16(4-6-17)15-18(24)23-13-11-22(12-14-23)10-9-21-7-1-2-8-21/h3-6H,1-2,7-15H2,(H2,20,25). The van der Waals surface area contributed by atoms with E-state index in [2.05, 4.69) is 9.80 Å². The van der Waals surface area contributed by atoms with Crippen molar-refractivity contribution in [3.05, 3.63) is 35.4 Å². The molecule has 25 heavy (non-hydrogen) atoms. The number of piperazine rings is 1. The number of rotatable bonds is 6. The number of hydrogen-bond donors (Lipinski definition) is 1. The maximum Gasteiger partial charge on any atom is 0.248 e. The monoisotopic (exact) mass is 344 g/mol. The third-order valence-electron chi connectivity index (χ3n) is 5.25. The predicted octanol–water partition coefficient (Wildman–Crippen LogP) is 0.568. The second kappa shape index (κ2) is 8.45. The quantitative estimate of drug-likeness (QED) is 0.819. The molecule has 2 heterocycles. The Kier molecular flexibility index (Phi) is 6.04. The van der Waals surface area contributed by atoms with Crippen LogP contribution in [-0.4, -0.2) is 78.9 Å². The van der Waals surface area contributed by atoms with Gasteiger partial charge in [-0.25, -0.2) is 0 Å². The second-order valence-electron chi connectivity index (χ2n) is 7.01. The molecule has 0 bridgehead atoms. The molecule has 2 N–H and O–H groups in total. The molecule has 0 saturated carbocycles. The van der Waals surface area contributed by atoms with Gasteiger partial charge in [-0.3, -0.25) is 14.5 Å². The molecule has 2 fully saturated rings. The molecular weight excluding hydrogens is 316 g/mol. The lowest BCUT2D eigenvalue weighted by atomic mass is 10.1. The Morgan fingerprint density at radius 2 is 1.40 bits per heavy atom. The number of benzene rings is 1. The molecule has 136 valence electrons. The van der Waals surface area contributed by atoms with Crippen LogP contribution >= 0.6 is 0 Å². The van der Waals surface area contributed by atoms with Crippen LogP contribution in [0.2, 0.25) is 0 Å². The highest BCUT2D eigenvalue weighted by atomic mass is 16.2. The molecule has 0 unspecified atom stereocenters. The molecule has 2 saturated heterocycles. The number of hydrogen-bond acceptors (Lipinski definition) is 4. The molecule has 0 aromatic heterocycles. The van der Waals surface area contributed by atoms with Crippen molar-refractivity contribution in [2.24, 2.45) is 5.73 Å². The molecule has 3 rings (SSSR count). The van der Waals surface area contributed by atoms with E-state index in [1.165, 1.54) is 25.9 Å². The molecule has 0 aliphatic carbocycles. The number of nitrogens with two attached hydrogens (primary N) is 1. The number of primary amides is 1. The first-order chi connectivity index (χ1) is 12.1. The maximum absolute atomic E-state index is 12.5. The number of nitrogens with zero attached hydrogens (tertiary/aromatic N) is 3. The summed E-state index contributed by atoms with van der Waals surface area (Å²) < 4.78 is 0. The van der Waals surface area contributed by atoms with Crippen molar-refractivity contribution in [2.45, 2.75) is 19.3 Å². The molecule has 6 nitrogen and oxygen atoms in total. The highest BCUT2D eigenvalue weighted by Gasteiger charge is 2.22. The zero-order valence-electron chi connectivity index (χ0n) is 14.8. The van der Waals surface area contributed by atoms with E-state index in [1.807, 2.05) is 17.0 Å². The lowest BCUT2D eigenvalue weighted by Crippen LogP contribution is -2.50. The summed E-state index contributed by atoms with van der Waals surface area (Å²) in [6, 6.07) is 6.98. The van der Waals surface area contributed by atoms with Crippen LogP contribution in [0.4, 0.5) is 0 Å². The summed E-state index contributed by atoms with van der Waals surface area (Å²) in [6.07, 6.45) is 3.05. The zero-order chi connectivity index (χ0) is 17.6. The summed E-state index contributed by atoms with van der Waals surface area (Å²) in [5, 5.41) is 0. The summed E-state index contributed by atoms with van der Waals surface area (Å²) in [5.41, 5.74) is 6.64. The smallest absolute Gasteiger partial charge is 0.248 e. The van der Waals surface area contributed by atoms with E-state index < -0.39 is 5.91 Å². The van der Waals surface area contributed by atoms with Gasteiger partial charge in [0.1, 0.15) is 0 Å². The van der Waals surface area contributed by atoms with Gasteiger partial charge in [-0.2, -0.15) is 0 Å². The van der Waals surface area contributed by atoms with Crippen LogP contribution in [0.3, 0.4) is 0 Å². The van der Waals surface area contributed by atoms with Crippen LogP contribution in [0, 0.1) is 0 Å². The van der Waals surface area contributed by atoms with Crippen molar-refractivity contribution in [3.8, 4) is 0 Å². The topological polar surface area (TPSA) is 69.9 Å². The number of carbonyl (C=O) groups is 2. The maximum atomic E-state index is 12.5. The van der Waals surface area contributed by atoms with Crippen LogP contribution in [0.25, 0.3) is 0 Å². The first-order valence-electron chi connectivity index (χ1n) is 9.23. The first kappa shape index (κ1) is 17.9. The van der Waals surface area contributed by atoms with E-state index in [1.54, 1.807) is 12.1 Å². The van der Waals surface area contributed by atoms with Crippen molar-refractivity contribution < 1.29 is 9.59 Å². The van der Waals surface area contributed by atoms with Crippen LogP contribution in [-0.2, 0) is 11.2 Å². The van der Waals surface area contributed by atoms with Gasteiger partial charge < -0.3 is 15.5 Å². The van der Waals surface area contributed by atoms with Gasteiger partial charge in [0.25, 0.3) is 0 Å². The van der Waals surface area contributed by atoms with Crippen LogP contribution in [0.1, 0.15) is 28.8 Å². The average Bonchev–Trinajstić information content (AvgIpc) is 3.14. The first-order valence-corrected chi connectivity index (χ1v) is 9.23. The van der Waals surface area contributed by atoms with Gasteiger partial charge in [-0.05, 0) is 43.6 Å². The molecule has 2 aliphatic rings. The molecule has 0 atom stereocenters. The Morgan fingerprint density at radius 1 is 0.840 bits per heavy atom. The van der Waals surface area contributed by atoms with Crippen molar-refractivity contribution >= 4 is 11.8 Å². The average molecular weight is 344 g/mol. The molecule has 6 heteroatoms. The van der Waals surface area contributed by atoms with Crippen LogP contribution in [0.5, 0.6) is 0 Å². The Labute approximate surface area is 149 Å². The van der Waals surface area contributed by atoms with Crippen LogP contribution < -0.4 is 5.73 Å². The Balaban J connectivity index is 1.41.